The van der Waals surface area contributed by atoms with Crippen LogP contribution < -0.4 is 10.1 Å². The molecular formula is C16H23NO. The van der Waals surface area contributed by atoms with Gasteiger partial charge in [0.05, 0.1) is 6.61 Å². The molecule has 1 fully saturated rings. The second-order valence-electron chi connectivity index (χ2n) is 5.58. The van der Waals surface area contributed by atoms with Crippen LogP contribution in [0, 0.1) is 0 Å². The average molecular weight is 245 g/mol. The number of benzene rings is 1. The van der Waals surface area contributed by atoms with Crippen LogP contribution in [-0.4, -0.2) is 19.2 Å². The predicted molar refractivity (Wildman–Crippen MR) is 74.2 cm³/mol. The normalized spacial score (nSPS) is 19.6. The zero-order valence-electron chi connectivity index (χ0n) is 11.1. The zero-order chi connectivity index (χ0) is 12.2. The molecule has 1 heterocycles. The van der Waals surface area contributed by atoms with Crippen LogP contribution >= 0.6 is 0 Å². The van der Waals surface area contributed by atoms with Crippen molar-refractivity contribution in [1.29, 1.82) is 0 Å². The van der Waals surface area contributed by atoms with Crippen molar-refractivity contribution in [2.24, 2.45) is 0 Å². The second-order valence-corrected chi connectivity index (χ2v) is 5.58. The molecule has 0 aromatic heterocycles. The molecule has 1 aliphatic heterocycles. The summed E-state index contributed by atoms with van der Waals surface area (Å²) in [6.07, 6.45) is 9.05. The maximum Gasteiger partial charge on any atom is 0.122 e. The van der Waals surface area contributed by atoms with E-state index >= 15 is 0 Å². The molecule has 1 aliphatic carbocycles. The molecule has 0 amide bonds. The molecule has 2 heteroatoms. The van der Waals surface area contributed by atoms with Crippen LogP contribution in [-0.2, 0) is 12.8 Å². The Bertz CT molecular complexity index is 396. The van der Waals surface area contributed by atoms with Gasteiger partial charge in [0.1, 0.15) is 5.75 Å². The first-order valence-electron chi connectivity index (χ1n) is 7.40. The standard InChI is InChI=1S/C16H23NO/c1-2-6-15(5-1)17-10-9-13-7-8-16-14(12-13)4-3-11-18-16/h7-8,12,15,17H,1-6,9-11H2. The number of fused-ring (bicyclic) bond motifs is 1. The van der Waals surface area contributed by atoms with Gasteiger partial charge in [0, 0.05) is 6.04 Å². The molecule has 98 valence electrons. The molecule has 0 bridgehead atoms. The van der Waals surface area contributed by atoms with E-state index in [0.29, 0.717) is 0 Å². The number of hydrogen-bond donors (Lipinski definition) is 1. The minimum Gasteiger partial charge on any atom is -0.493 e. The molecule has 1 N–H and O–H groups in total. The Hall–Kier alpha value is -1.02. The first-order valence-corrected chi connectivity index (χ1v) is 7.40. The van der Waals surface area contributed by atoms with Crippen molar-refractivity contribution in [3.8, 4) is 5.75 Å². The largest absolute Gasteiger partial charge is 0.493 e. The van der Waals surface area contributed by atoms with Gasteiger partial charge in [0.15, 0.2) is 0 Å². The Kier molecular flexibility index (Phi) is 3.84. The summed E-state index contributed by atoms with van der Waals surface area (Å²) in [4.78, 5) is 0. The van der Waals surface area contributed by atoms with Crippen LogP contribution in [0.4, 0.5) is 0 Å². The fourth-order valence-electron chi connectivity index (χ4n) is 3.12. The van der Waals surface area contributed by atoms with Gasteiger partial charge in [-0.2, -0.15) is 0 Å². The molecule has 18 heavy (non-hydrogen) atoms. The summed E-state index contributed by atoms with van der Waals surface area (Å²) < 4.78 is 5.65. The van der Waals surface area contributed by atoms with E-state index in [9.17, 15) is 0 Å². The molecule has 1 aromatic carbocycles. The number of hydrogen-bond acceptors (Lipinski definition) is 2. The van der Waals surface area contributed by atoms with Gasteiger partial charge in [-0.3, -0.25) is 0 Å². The van der Waals surface area contributed by atoms with Gasteiger partial charge in [-0.1, -0.05) is 25.0 Å². The molecule has 3 rings (SSSR count). The summed E-state index contributed by atoms with van der Waals surface area (Å²) in [5.41, 5.74) is 2.85. The first-order chi connectivity index (χ1) is 8.92. The summed E-state index contributed by atoms with van der Waals surface area (Å²) >= 11 is 0. The Morgan fingerprint density at radius 3 is 2.94 bits per heavy atom. The van der Waals surface area contributed by atoms with E-state index in [1.54, 1.807) is 0 Å². The van der Waals surface area contributed by atoms with Crippen LogP contribution in [0.15, 0.2) is 18.2 Å². The van der Waals surface area contributed by atoms with Crippen molar-refractivity contribution >= 4 is 0 Å². The molecule has 0 spiro atoms. The molecule has 1 aromatic rings. The molecule has 2 nitrogen and oxygen atoms in total. The lowest BCUT2D eigenvalue weighted by atomic mass is 10.0. The quantitative estimate of drug-likeness (QED) is 0.880. The third-order valence-corrected chi connectivity index (χ3v) is 4.17. The maximum absolute atomic E-state index is 5.65. The number of nitrogens with one attached hydrogen (secondary N) is 1. The van der Waals surface area contributed by atoms with Gasteiger partial charge in [-0.15, -0.1) is 0 Å². The van der Waals surface area contributed by atoms with E-state index in [0.717, 1.165) is 37.8 Å². The highest BCUT2D eigenvalue weighted by Crippen LogP contribution is 2.25. The Morgan fingerprint density at radius 1 is 1.17 bits per heavy atom. The van der Waals surface area contributed by atoms with Gasteiger partial charge < -0.3 is 10.1 Å². The highest BCUT2D eigenvalue weighted by molar-refractivity contribution is 5.38. The maximum atomic E-state index is 5.65. The average Bonchev–Trinajstić information content (AvgIpc) is 2.92. The lowest BCUT2D eigenvalue weighted by molar-refractivity contribution is 0.288. The van der Waals surface area contributed by atoms with Crippen molar-refractivity contribution in [1.82, 2.24) is 5.32 Å². The van der Waals surface area contributed by atoms with E-state index in [1.807, 2.05) is 0 Å². The topological polar surface area (TPSA) is 21.3 Å². The lowest BCUT2D eigenvalue weighted by Crippen LogP contribution is -2.28. The first kappa shape index (κ1) is 12.0. The summed E-state index contributed by atoms with van der Waals surface area (Å²) in [5.74, 6) is 1.11. The van der Waals surface area contributed by atoms with E-state index in [4.69, 9.17) is 4.74 Å². The van der Waals surface area contributed by atoms with Gasteiger partial charge in [-0.05, 0) is 55.8 Å². The molecule has 0 saturated heterocycles. The molecule has 0 unspecified atom stereocenters. The van der Waals surface area contributed by atoms with Crippen LogP contribution in [0.25, 0.3) is 0 Å². The van der Waals surface area contributed by atoms with E-state index < -0.39 is 0 Å². The lowest BCUT2D eigenvalue weighted by Gasteiger charge is -2.18. The highest BCUT2D eigenvalue weighted by Gasteiger charge is 2.14. The van der Waals surface area contributed by atoms with Crippen molar-refractivity contribution in [2.75, 3.05) is 13.2 Å². The second kappa shape index (κ2) is 5.75. The van der Waals surface area contributed by atoms with Gasteiger partial charge in [0.25, 0.3) is 0 Å². The van der Waals surface area contributed by atoms with E-state index in [-0.39, 0.29) is 0 Å². The van der Waals surface area contributed by atoms with Crippen LogP contribution in [0.1, 0.15) is 43.2 Å². The molecule has 2 aliphatic rings. The van der Waals surface area contributed by atoms with Gasteiger partial charge in [-0.25, -0.2) is 0 Å². The van der Waals surface area contributed by atoms with Crippen molar-refractivity contribution in [2.45, 2.75) is 51.0 Å². The third kappa shape index (κ3) is 2.86. The van der Waals surface area contributed by atoms with Crippen LogP contribution in [0.3, 0.4) is 0 Å². The summed E-state index contributed by atoms with van der Waals surface area (Å²) in [7, 11) is 0. The van der Waals surface area contributed by atoms with E-state index in [1.165, 1.54) is 43.2 Å². The minimum absolute atomic E-state index is 0.783. The molecule has 0 atom stereocenters. The number of rotatable bonds is 4. The summed E-state index contributed by atoms with van der Waals surface area (Å²) in [5, 5.41) is 3.68. The van der Waals surface area contributed by atoms with Gasteiger partial charge >= 0.3 is 0 Å². The SMILES string of the molecule is c1cc2c(cc1CCNC1CCCC1)CCCO2. The Morgan fingerprint density at radius 2 is 2.06 bits per heavy atom. The highest BCUT2D eigenvalue weighted by atomic mass is 16.5. The Labute approximate surface area is 110 Å². The summed E-state index contributed by atoms with van der Waals surface area (Å²) in [6.45, 7) is 2.00. The van der Waals surface area contributed by atoms with Crippen molar-refractivity contribution in [3.05, 3.63) is 29.3 Å². The van der Waals surface area contributed by atoms with E-state index in [2.05, 4.69) is 23.5 Å². The molecule has 0 radical (unpaired) electrons. The van der Waals surface area contributed by atoms with Gasteiger partial charge in [0.2, 0.25) is 0 Å². The van der Waals surface area contributed by atoms with Crippen LogP contribution in [0.2, 0.25) is 0 Å². The zero-order valence-corrected chi connectivity index (χ0v) is 11.1. The minimum atomic E-state index is 0.783. The smallest absolute Gasteiger partial charge is 0.122 e. The monoisotopic (exact) mass is 245 g/mol. The molecule has 1 saturated carbocycles. The van der Waals surface area contributed by atoms with Crippen LogP contribution in [0.5, 0.6) is 5.75 Å². The molecular weight excluding hydrogens is 222 g/mol. The number of aryl methyl sites for hydroxylation is 1. The number of ether oxygens (including phenoxy) is 1. The fourth-order valence-corrected chi connectivity index (χ4v) is 3.12. The fraction of sp³-hybridized carbons (Fsp3) is 0.625. The summed E-state index contributed by atoms with van der Waals surface area (Å²) in [6, 6.07) is 7.50. The Balaban J connectivity index is 1.52. The third-order valence-electron chi connectivity index (χ3n) is 4.17. The van der Waals surface area contributed by atoms with Crippen molar-refractivity contribution < 1.29 is 4.74 Å². The van der Waals surface area contributed by atoms with Crippen molar-refractivity contribution in [3.63, 3.8) is 0 Å². The predicted octanol–water partition coefficient (Wildman–Crippen LogP) is 3.09.